The van der Waals surface area contributed by atoms with Crippen LogP contribution in [0.15, 0.2) is 23.8 Å². The molecule has 2 saturated carbocycles. The van der Waals surface area contributed by atoms with Gasteiger partial charge in [-0.15, -0.1) is 0 Å². The monoisotopic (exact) mass is 286 g/mol. The molecule has 5 atom stereocenters. The lowest BCUT2D eigenvalue weighted by atomic mass is 9.48. The van der Waals surface area contributed by atoms with Crippen LogP contribution in [0.1, 0.15) is 58.3 Å². The van der Waals surface area contributed by atoms with Gasteiger partial charge in [0.25, 0.3) is 0 Å². The molecule has 4 rings (SSSR count). The Balaban J connectivity index is 1.67. The highest BCUT2D eigenvalue weighted by Crippen LogP contribution is 2.64. The first-order chi connectivity index (χ1) is 10.2. The van der Waals surface area contributed by atoms with E-state index in [-0.39, 0.29) is 0 Å². The SMILES string of the molecule is COC[C@@]12CCC[C@H]1[C@@H]1CC=C3CC=CC[C@]3(C)[C@H]1CC2. The maximum absolute atomic E-state index is 5.67. The number of rotatable bonds is 2. The van der Waals surface area contributed by atoms with Crippen molar-refractivity contribution in [2.75, 3.05) is 13.7 Å². The number of fused-ring (bicyclic) bond motifs is 5. The number of ether oxygens (including phenoxy) is 1. The molecule has 0 radical (unpaired) electrons. The average Bonchev–Trinajstić information content (AvgIpc) is 2.91. The summed E-state index contributed by atoms with van der Waals surface area (Å²) in [4.78, 5) is 0. The third-order valence-electron chi connectivity index (χ3n) is 7.63. The van der Waals surface area contributed by atoms with Crippen LogP contribution >= 0.6 is 0 Å². The van der Waals surface area contributed by atoms with Gasteiger partial charge in [0.2, 0.25) is 0 Å². The number of allylic oxidation sites excluding steroid dienone is 4. The third-order valence-corrected chi connectivity index (χ3v) is 7.63. The highest BCUT2D eigenvalue weighted by Gasteiger charge is 2.56. The van der Waals surface area contributed by atoms with Crippen LogP contribution < -0.4 is 0 Å². The van der Waals surface area contributed by atoms with Gasteiger partial charge in [-0.05, 0) is 73.5 Å². The van der Waals surface area contributed by atoms with Gasteiger partial charge in [0.1, 0.15) is 0 Å². The summed E-state index contributed by atoms with van der Waals surface area (Å²) in [5, 5.41) is 0. The van der Waals surface area contributed by atoms with Crippen molar-refractivity contribution < 1.29 is 4.74 Å². The minimum absolute atomic E-state index is 0.472. The summed E-state index contributed by atoms with van der Waals surface area (Å²) < 4.78 is 5.67. The summed E-state index contributed by atoms with van der Waals surface area (Å²) in [6, 6.07) is 0. The van der Waals surface area contributed by atoms with Crippen molar-refractivity contribution in [3.8, 4) is 0 Å². The third kappa shape index (κ3) is 1.92. The lowest BCUT2D eigenvalue weighted by Crippen LogP contribution is -2.49. The lowest BCUT2D eigenvalue weighted by Gasteiger charge is -2.56. The van der Waals surface area contributed by atoms with E-state index in [1.165, 1.54) is 51.4 Å². The minimum Gasteiger partial charge on any atom is -0.384 e. The molecule has 116 valence electrons. The molecule has 0 N–H and O–H groups in total. The summed E-state index contributed by atoms with van der Waals surface area (Å²) in [6.07, 6.45) is 18.5. The second-order valence-electron chi connectivity index (χ2n) is 8.37. The Morgan fingerprint density at radius 1 is 1.19 bits per heavy atom. The molecular weight excluding hydrogens is 256 g/mol. The van der Waals surface area contributed by atoms with E-state index in [1.807, 2.05) is 7.11 Å². The molecule has 1 nitrogen and oxygen atoms in total. The smallest absolute Gasteiger partial charge is 0.0521 e. The van der Waals surface area contributed by atoms with E-state index in [0.717, 1.165) is 24.4 Å². The molecule has 0 unspecified atom stereocenters. The van der Waals surface area contributed by atoms with Gasteiger partial charge in [-0.25, -0.2) is 0 Å². The number of methoxy groups -OCH3 is 1. The Morgan fingerprint density at radius 3 is 2.95 bits per heavy atom. The fraction of sp³-hybridized carbons (Fsp3) is 0.800. The highest BCUT2D eigenvalue weighted by molar-refractivity contribution is 5.28. The zero-order valence-electron chi connectivity index (χ0n) is 13.7. The second-order valence-corrected chi connectivity index (χ2v) is 8.37. The molecule has 21 heavy (non-hydrogen) atoms. The largest absolute Gasteiger partial charge is 0.384 e. The van der Waals surface area contributed by atoms with Crippen molar-refractivity contribution in [2.24, 2.45) is 28.6 Å². The molecule has 0 aliphatic heterocycles. The first-order valence-electron chi connectivity index (χ1n) is 9.03. The molecular formula is C20H30O. The van der Waals surface area contributed by atoms with Crippen LogP contribution in [0.5, 0.6) is 0 Å². The molecule has 4 aliphatic rings. The van der Waals surface area contributed by atoms with Gasteiger partial charge in [-0.2, -0.15) is 0 Å². The van der Waals surface area contributed by atoms with Gasteiger partial charge in [0, 0.05) is 7.11 Å². The minimum atomic E-state index is 0.472. The molecule has 1 heteroatoms. The van der Waals surface area contributed by atoms with Crippen molar-refractivity contribution in [2.45, 2.75) is 58.3 Å². The van der Waals surface area contributed by atoms with Crippen LogP contribution in [0.2, 0.25) is 0 Å². The zero-order valence-corrected chi connectivity index (χ0v) is 13.7. The Bertz CT molecular complexity index is 476. The van der Waals surface area contributed by atoms with Crippen molar-refractivity contribution >= 4 is 0 Å². The predicted molar refractivity (Wildman–Crippen MR) is 87.0 cm³/mol. The summed E-state index contributed by atoms with van der Waals surface area (Å²) in [5.41, 5.74) is 2.75. The Labute approximate surface area is 129 Å². The Kier molecular flexibility index (Phi) is 3.33. The first kappa shape index (κ1) is 14.1. The molecule has 0 bridgehead atoms. The highest BCUT2D eigenvalue weighted by atomic mass is 16.5. The zero-order chi connectivity index (χ0) is 14.5. The van der Waals surface area contributed by atoms with E-state index in [1.54, 1.807) is 5.57 Å². The first-order valence-corrected chi connectivity index (χ1v) is 9.03. The van der Waals surface area contributed by atoms with Crippen molar-refractivity contribution in [3.63, 3.8) is 0 Å². The maximum Gasteiger partial charge on any atom is 0.0521 e. The topological polar surface area (TPSA) is 9.23 Å². The van der Waals surface area contributed by atoms with Crippen molar-refractivity contribution in [1.29, 1.82) is 0 Å². The van der Waals surface area contributed by atoms with E-state index in [9.17, 15) is 0 Å². The summed E-state index contributed by atoms with van der Waals surface area (Å²) in [7, 11) is 1.91. The normalized spacial score (nSPS) is 48.3. The second kappa shape index (κ2) is 4.98. The molecule has 0 saturated heterocycles. The van der Waals surface area contributed by atoms with Gasteiger partial charge in [-0.3, -0.25) is 0 Å². The van der Waals surface area contributed by atoms with Crippen LogP contribution in [0, 0.1) is 28.6 Å². The Morgan fingerprint density at radius 2 is 2.10 bits per heavy atom. The molecule has 0 aromatic carbocycles. The van der Waals surface area contributed by atoms with Crippen LogP contribution in [0.4, 0.5) is 0 Å². The molecule has 0 amide bonds. The molecule has 0 aromatic heterocycles. The van der Waals surface area contributed by atoms with Gasteiger partial charge in [-0.1, -0.05) is 37.1 Å². The number of hydrogen-bond acceptors (Lipinski definition) is 1. The van der Waals surface area contributed by atoms with E-state index < -0.39 is 0 Å². The quantitative estimate of drug-likeness (QED) is 0.639. The molecule has 0 aromatic rings. The van der Waals surface area contributed by atoms with Crippen LogP contribution in [-0.4, -0.2) is 13.7 Å². The summed E-state index contributed by atoms with van der Waals surface area (Å²) in [6.45, 7) is 3.57. The van der Waals surface area contributed by atoms with Crippen molar-refractivity contribution in [1.82, 2.24) is 0 Å². The van der Waals surface area contributed by atoms with Crippen molar-refractivity contribution in [3.05, 3.63) is 23.8 Å². The maximum atomic E-state index is 5.67. The van der Waals surface area contributed by atoms with Gasteiger partial charge >= 0.3 is 0 Å². The van der Waals surface area contributed by atoms with E-state index in [4.69, 9.17) is 4.74 Å². The summed E-state index contributed by atoms with van der Waals surface area (Å²) in [5.74, 6) is 2.78. The van der Waals surface area contributed by atoms with E-state index in [2.05, 4.69) is 25.2 Å². The predicted octanol–water partition coefficient (Wildman–Crippen LogP) is 5.13. The average molecular weight is 286 g/mol. The standard InChI is InChI=1S/C20H30O/c1-19-11-4-3-6-15(19)8-9-16-17(19)10-13-20(14-21-2)12-5-7-18(16)20/h3-4,8,16-18H,5-7,9-14H2,1-2H3/t16-,17+,18+,19+,20+/m1/s1. The van der Waals surface area contributed by atoms with Crippen LogP contribution in [0.25, 0.3) is 0 Å². The number of hydrogen-bond donors (Lipinski definition) is 0. The van der Waals surface area contributed by atoms with Crippen LogP contribution in [0.3, 0.4) is 0 Å². The molecule has 4 aliphatic carbocycles. The fourth-order valence-electron chi connectivity index (χ4n) is 6.63. The lowest BCUT2D eigenvalue weighted by molar-refractivity contribution is -0.0610. The summed E-state index contributed by atoms with van der Waals surface area (Å²) >= 11 is 0. The fourth-order valence-corrected chi connectivity index (χ4v) is 6.63. The van der Waals surface area contributed by atoms with Crippen LogP contribution in [-0.2, 0) is 4.74 Å². The van der Waals surface area contributed by atoms with E-state index in [0.29, 0.717) is 10.8 Å². The molecule has 0 spiro atoms. The van der Waals surface area contributed by atoms with Gasteiger partial charge < -0.3 is 4.74 Å². The molecule has 2 fully saturated rings. The van der Waals surface area contributed by atoms with Gasteiger partial charge in [0.15, 0.2) is 0 Å². The Hall–Kier alpha value is -0.560. The molecule has 0 heterocycles. The van der Waals surface area contributed by atoms with Gasteiger partial charge in [0.05, 0.1) is 6.61 Å². The van der Waals surface area contributed by atoms with E-state index >= 15 is 0 Å².